The van der Waals surface area contributed by atoms with Crippen molar-refractivity contribution in [2.75, 3.05) is 13.2 Å². The number of carbonyl (C=O) groups is 2. The Morgan fingerprint density at radius 3 is 2.46 bits per heavy atom. The lowest BCUT2D eigenvalue weighted by Crippen LogP contribution is -2.01. The highest BCUT2D eigenvalue weighted by molar-refractivity contribution is 5.61. The third kappa shape index (κ3) is 6.92. The molecule has 1 aliphatic rings. The van der Waals surface area contributed by atoms with Gasteiger partial charge >= 0.3 is 12.3 Å². The smallest absolute Gasteiger partial charge is 0.450 e. The van der Waals surface area contributed by atoms with Crippen molar-refractivity contribution in [2.24, 2.45) is 0 Å². The summed E-state index contributed by atoms with van der Waals surface area (Å²) in [5, 5.41) is 7.69. The van der Waals surface area contributed by atoms with Crippen LogP contribution in [-0.4, -0.2) is 36.7 Å². The van der Waals surface area contributed by atoms with Crippen LogP contribution in [0.3, 0.4) is 0 Å². The fraction of sp³-hybridized carbons (Fsp3) is 0.714. The van der Waals surface area contributed by atoms with Gasteiger partial charge in [0.25, 0.3) is 0 Å². The summed E-state index contributed by atoms with van der Waals surface area (Å²) in [6, 6.07) is 0. The molecule has 0 aromatic carbocycles. The van der Waals surface area contributed by atoms with Crippen LogP contribution < -0.4 is 0 Å². The maximum Gasteiger partial charge on any atom is 0.508 e. The molecule has 6 nitrogen and oxygen atoms in total. The molecule has 13 heavy (non-hydrogen) atoms. The fourth-order valence-corrected chi connectivity index (χ4v) is 0.541. The van der Waals surface area contributed by atoms with E-state index in [0.717, 1.165) is 0 Å². The van der Waals surface area contributed by atoms with Crippen LogP contribution in [0, 0.1) is 0 Å². The first-order valence-corrected chi connectivity index (χ1v) is 3.75. The number of cyclic esters (lactones) is 2. The van der Waals surface area contributed by atoms with Gasteiger partial charge in [-0.3, -0.25) is 0 Å². The van der Waals surface area contributed by atoms with E-state index >= 15 is 0 Å². The molecule has 0 amide bonds. The van der Waals surface area contributed by atoms with E-state index in [9.17, 15) is 9.59 Å². The Morgan fingerprint density at radius 1 is 1.77 bits per heavy atom. The van der Waals surface area contributed by atoms with Crippen LogP contribution in [0.5, 0.6) is 0 Å². The Labute approximate surface area is 75.4 Å². The van der Waals surface area contributed by atoms with Crippen molar-refractivity contribution in [1.82, 2.24) is 0 Å². The molecule has 0 aliphatic carbocycles. The first-order chi connectivity index (χ1) is 6.06. The van der Waals surface area contributed by atoms with Crippen LogP contribution in [0.2, 0.25) is 0 Å². The third-order valence-electron chi connectivity index (χ3n) is 1.00. The van der Waals surface area contributed by atoms with Gasteiger partial charge in [-0.1, -0.05) is 0 Å². The van der Waals surface area contributed by atoms with Gasteiger partial charge in [0.05, 0.1) is 6.61 Å². The number of hydrogen-bond donors (Lipinski definition) is 1. The van der Waals surface area contributed by atoms with E-state index < -0.39 is 12.3 Å². The molecule has 76 valence electrons. The standard InChI is InChI=1S/C4H6O3.C3H6O3/c1-3-2-6-4(5)7-3;1-2-6-3(4)5/h3H,2H2,1H3;2H2,1H3,(H,4,5). The van der Waals surface area contributed by atoms with Gasteiger partial charge in [0.1, 0.15) is 12.7 Å². The van der Waals surface area contributed by atoms with Crippen LogP contribution in [0.1, 0.15) is 13.8 Å². The molecule has 1 rings (SSSR count). The van der Waals surface area contributed by atoms with E-state index in [-0.39, 0.29) is 12.7 Å². The topological polar surface area (TPSA) is 82.1 Å². The van der Waals surface area contributed by atoms with Crippen molar-refractivity contribution in [3.8, 4) is 0 Å². The van der Waals surface area contributed by atoms with Crippen LogP contribution >= 0.6 is 0 Å². The SMILES string of the molecule is CC1COC(=O)O1.CCOC(=O)O. The molecule has 1 N–H and O–H groups in total. The zero-order chi connectivity index (χ0) is 10.3. The second-order valence-electron chi connectivity index (χ2n) is 2.19. The molecule has 1 atom stereocenters. The lowest BCUT2D eigenvalue weighted by molar-refractivity contribution is 0.0965. The highest BCUT2D eigenvalue weighted by Crippen LogP contribution is 2.02. The van der Waals surface area contributed by atoms with E-state index in [1.165, 1.54) is 0 Å². The van der Waals surface area contributed by atoms with Gasteiger partial charge in [0.15, 0.2) is 0 Å². The highest BCUT2D eigenvalue weighted by Gasteiger charge is 2.19. The van der Waals surface area contributed by atoms with Gasteiger partial charge in [-0.2, -0.15) is 0 Å². The van der Waals surface area contributed by atoms with Crippen LogP contribution in [-0.2, 0) is 14.2 Å². The summed E-state index contributed by atoms with van der Waals surface area (Å²) < 4.78 is 12.9. The molecule has 1 heterocycles. The van der Waals surface area contributed by atoms with E-state index in [1.807, 2.05) is 0 Å². The van der Waals surface area contributed by atoms with Crippen molar-refractivity contribution in [3.63, 3.8) is 0 Å². The van der Waals surface area contributed by atoms with Crippen LogP contribution in [0.25, 0.3) is 0 Å². The first-order valence-electron chi connectivity index (χ1n) is 3.75. The Hall–Kier alpha value is -1.46. The lowest BCUT2D eigenvalue weighted by atomic mass is 10.5. The molecule has 1 fully saturated rings. The average molecular weight is 192 g/mol. The molecule has 1 unspecified atom stereocenters. The van der Waals surface area contributed by atoms with E-state index in [1.54, 1.807) is 13.8 Å². The molecule has 0 aromatic rings. The summed E-state index contributed by atoms with van der Waals surface area (Å²) in [6.45, 7) is 4.03. The van der Waals surface area contributed by atoms with Gasteiger partial charge in [-0.25, -0.2) is 9.59 Å². The summed E-state index contributed by atoms with van der Waals surface area (Å²) in [5.41, 5.74) is 0. The Morgan fingerprint density at radius 2 is 2.38 bits per heavy atom. The van der Waals surface area contributed by atoms with Crippen molar-refractivity contribution < 1.29 is 28.9 Å². The van der Waals surface area contributed by atoms with Crippen molar-refractivity contribution in [2.45, 2.75) is 20.0 Å². The van der Waals surface area contributed by atoms with Crippen LogP contribution in [0.4, 0.5) is 9.59 Å². The second kappa shape index (κ2) is 6.10. The van der Waals surface area contributed by atoms with Crippen molar-refractivity contribution >= 4 is 12.3 Å². The zero-order valence-electron chi connectivity index (χ0n) is 7.48. The predicted molar refractivity (Wildman–Crippen MR) is 41.5 cm³/mol. The van der Waals surface area contributed by atoms with Gasteiger partial charge in [-0.05, 0) is 13.8 Å². The second-order valence-corrected chi connectivity index (χ2v) is 2.19. The summed E-state index contributed by atoms with van der Waals surface area (Å²) in [7, 11) is 0. The van der Waals surface area contributed by atoms with Gasteiger partial charge in [0.2, 0.25) is 0 Å². The summed E-state index contributed by atoms with van der Waals surface area (Å²) in [4.78, 5) is 19.4. The minimum absolute atomic E-state index is 0.0486. The summed E-state index contributed by atoms with van der Waals surface area (Å²) in [5.74, 6) is 0. The maximum atomic E-state index is 10.0. The Bertz CT molecular complexity index is 178. The molecular weight excluding hydrogens is 180 g/mol. The summed E-state index contributed by atoms with van der Waals surface area (Å²) in [6.07, 6.45) is -1.81. The predicted octanol–water partition coefficient (Wildman–Crippen LogP) is 1.24. The van der Waals surface area contributed by atoms with E-state index in [4.69, 9.17) is 5.11 Å². The minimum Gasteiger partial charge on any atom is -0.450 e. The molecular formula is C7H12O6. The largest absolute Gasteiger partial charge is 0.508 e. The van der Waals surface area contributed by atoms with Gasteiger partial charge in [-0.15, -0.1) is 0 Å². The third-order valence-corrected chi connectivity index (χ3v) is 1.00. The molecule has 0 aromatic heterocycles. The zero-order valence-corrected chi connectivity index (χ0v) is 7.48. The molecule has 6 heteroatoms. The molecule has 0 bridgehead atoms. The quantitative estimate of drug-likeness (QED) is 0.629. The number of carboxylic acid groups (broad SMARTS) is 1. The Kier molecular flexibility index (Phi) is 5.42. The van der Waals surface area contributed by atoms with Crippen molar-refractivity contribution in [1.29, 1.82) is 0 Å². The molecule has 1 aliphatic heterocycles. The fourth-order valence-electron chi connectivity index (χ4n) is 0.541. The summed E-state index contributed by atoms with van der Waals surface area (Å²) >= 11 is 0. The average Bonchev–Trinajstić information content (AvgIpc) is 2.35. The normalized spacial score (nSPS) is 19.2. The molecule has 0 saturated carbocycles. The minimum atomic E-state index is -1.21. The number of ether oxygens (including phenoxy) is 3. The van der Waals surface area contributed by atoms with Crippen molar-refractivity contribution in [3.05, 3.63) is 0 Å². The van der Waals surface area contributed by atoms with E-state index in [0.29, 0.717) is 6.61 Å². The Balaban J connectivity index is 0.000000226. The van der Waals surface area contributed by atoms with Gasteiger partial charge in [0, 0.05) is 0 Å². The number of carbonyl (C=O) groups excluding carboxylic acids is 1. The lowest BCUT2D eigenvalue weighted by Gasteiger charge is -1.90. The first kappa shape index (κ1) is 11.5. The molecule has 0 spiro atoms. The number of hydrogen-bond acceptors (Lipinski definition) is 5. The maximum absolute atomic E-state index is 10.0. The van der Waals surface area contributed by atoms with E-state index in [2.05, 4.69) is 14.2 Å². The highest BCUT2D eigenvalue weighted by atomic mass is 16.8. The molecule has 1 saturated heterocycles. The number of rotatable bonds is 1. The molecule has 0 radical (unpaired) electrons. The van der Waals surface area contributed by atoms with Crippen LogP contribution in [0.15, 0.2) is 0 Å². The monoisotopic (exact) mass is 192 g/mol. The van der Waals surface area contributed by atoms with Gasteiger partial charge < -0.3 is 19.3 Å².